The summed E-state index contributed by atoms with van der Waals surface area (Å²) in [7, 11) is 1.76. The van der Waals surface area contributed by atoms with Crippen LogP contribution in [0.1, 0.15) is 36.3 Å². The number of hydrogen-bond donors (Lipinski definition) is 0. The number of amides is 1. The summed E-state index contributed by atoms with van der Waals surface area (Å²) in [6.07, 6.45) is 2.45. The van der Waals surface area contributed by atoms with Crippen molar-refractivity contribution in [3.8, 4) is 0 Å². The molecule has 0 fully saturated rings. The largest absolute Gasteiger partial charge is 0.465 e. The van der Waals surface area contributed by atoms with E-state index in [0.717, 1.165) is 6.42 Å². The van der Waals surface area contributed by atoms with Gasteiger partial charge in [0, 0.05) is 19.8 Å². The van der Waals surface area contributed by atoms with Crippen molar-refractivity contribution in [2.75, 3.05) is 19.7 Å². The number of ether oxygens (including phenoxy) is 1. The first-order valence-corrected chi connectivity index (χ1v) is 6.44. The topological polar surface area (TPSA) is 64.4 Å². The van der Waals surface area contributed by atoms with Crippen LogP contribution in [0.15, 0.2) is 6.20 Å². The number of hydrogen-bond acceptors (Lipinski definition) is 4. The Morgan fingerprint density at radius 3 is 2.58 bits per heavy atom. The molecule has 6 nitrogen and oxygen atoms in total. The number of carbonyl (C=O) groups is 2. The van der Waals surface area contributed by atoms with Crippen molar-refractivity contribution in [3.63, 3.8) is 0 Å². The minimum absolute atomic E-state index is 0.0190. The summed E-state index contributed by atoms with van der Waals surface area (Å²) in [5, 5.41) is 4.14. The van der Waals surface area contributed by atoms with Crippen molar-refractivity contribution in [1.29, 1.82) is 0 Å². The highest BCUT2D eigenvalue weighted by molar-refractivity contribution is 5.96. The Balaban J connectivity index is 2.83. The molecule has 106 valence electrons. The number of rotatable bonds is 6. The minimum atomic E-state index is -0.383. The predicted molar refractivity (Wildman–Crippen MR) is 70.8 cm³/mol. The van der Waals surface area contributed by atoms with Crippen LogP contribution in [0.5, 0.6) is 0 Å². The third-order valence-corrected chi connectivity index (χ3v) is 2.65. The second-order valence-electron chi connectivity index (χ2n) is 4.33. The molecule has 0 aliphatic rings. The summed E-state index contributed by atoms with van der Waals surface area (Å²) in [4.78, 5) is 25.4. The Labute approximate surface area is 113 Å². The fourth-order valence-corrected chi connectivity index (χ4v) is 1.86. The molecule has 0 aliphatic carbocycles. The van der Waals surface area contributed by atoms with E-state index in [-0.39, 0.29) is 18.4 Å². The first-order chi connectivity index (χ1) is 8.99. The average molecular weight is 267 g/mol. The quantitative estimate of drug-likeness (QED) is 0.725. The van der Waals surface area contributed by atoms with Crippen LogP contribution in [-0.4, -0.2) is 46.3 Å². The second kappa shape index (κ2) is 6.92. The lowest BCUT2D eigenvalue weighted by molar-refractivity contribution is -0.143. The highest BCUT2D eigenvalue weighted by atomic mass is 16.5. The van der Waals surface area contributed by atoms with Crippen molar-refractivity contribution in [2.45, 2.75) is 27.2 Å². The highest BCUT2D eigenvalue weighted by Crippen LogP contribution is 2.09. The molecule has 0 saturated heterocycles. The van der Waals surface area contributed by atoms with Gasteiger partial charge in [-0.25, -0.2) is 0 Å². The van der Waals surface area contributed by atoms with Crippen LogP contribution in [0, 0.1) is 6.92 Å². The molecule has 1 aromatic heterocycles. The lowest BCUT2D eigenvalue weighted by Gasteiger charge is -2.20. The number of nitrogens with zero attached hydrogens (tertiary/aromatic N) is 3. The monoisotopic (exact) mass is 267 g/mol. The molecule has 19 heavy (non-hydrogen) atoms. The van der Waals surface area contributed by atoms with E-state index in [1.807, 2.05) is 6.92 Å². The van der Waals surface area contributed by atoms with Crippen molar-refractivity contribution in [1.82, 2.24) is 14.7 Å². The van der Waals surface area contributed by atoms with Crippen LogP contribution >= 0.6 is 0 Å². The average Bonchev–Trinajstić information content (AvgIpc) is 2.67. The first kappa shape index (κ1) is 15.2. The third-order valence-electron chi connectivity index (χ3n) is 2.65. The van der Waals surface area contributed by atoms with Crippen molar-refractivity contribution < 1.29 is 14.3 Å². The van der Waals surface area contributed by atoms with E-state index in [4.69, 9.17) is 4.74 Å². The Morgan fingerprint density at radius 1 is 1.42 bits per heavy atom. The van der Waals surface area contributed by atoms with Gasteiger partial charge in [0.25, 0.3) is 5.91 Å². The van der Waals surface area contributed by atoms with E-state index in [9.17, 15) is 9.59 Å². The molecule has 1 heterocycles. The second-order valence-corrected chi connectivity index (χ2v) is 4.33. The van der Waals surface area contributed by atoms with Crippen LogP contribution < -0.4 is 0 Å². The molecule has 6 heteroatoms. The molecular formula is C13H21N3O3. The zero-order chi connectivity index (χ0) is 14.4. The number of aryl methyl sites for hydroxylation is 2. The van der Waals surface area contributed by atoms with E-state index in [2.05, 4.69) is 5.10 Å². The van der Waals surface area contributed by atoms with E-state index >= 15 is 0 Å². The highest BCUT2D eigenvalue weighted by Gasteiger charge is 2.21. The number of carbonyl (C=O) groups excluding carboxylic acids is 2. The van der Waals surface area contributed by atoms with Crippen LogP contribution in [0.3, 0.4) is 0 Å². The van der Waals surface area contributed by atoms with Crippen LogP contribution in [0.4, 0.5) is 0 Å². The Hall–Kier alpha value is -1.85. The van der Waals surface area contributed by atoms with Gasteiger partial charge in [0.15, 0.2) is 0 Å². The standard InChI is InChI=1S/C13H21N3O3/c1-5-7-16(9-12(17)19-6-2)13(18)11-8-15(4)14-10(11)3/h8H,5-7,9H2,1-4H3. The molecule has 0 unspecified atom stereocenters. The lowest BCUT2D eigenvalue weighted by atomic mass is 10.2. The molecule has 0 spiro atoms. The van der Waals surface area contributed by atoms with E-state index in [0.29, 0.717) is 24.4 Å². The molecule has 0 atom stereocenters. The molecule has 1 amide bonds. The number of esters is 1. The van der Waals surface area contributed by atoms with Crippen LogP contribution in [0.25, 0.3) is 0 Å². The summed E-state index contributed by atoms with van der Waals surface area (Å²) < 4.78 is 6.48. The summed E-state index contributed by atoms with van der Waals surface area (Å²) in [6.45, 7) is 6.30. The molecule has 1 rings (SSSR count). The van der Waals surface area contributed by atoms with Crippen molar-refractivity contribution in [2.24, 2.45) is 7.05 Å². The summed E-state index contributed by atoms with van der Waals surface area (Å²) in [6, 6.07) is 0. The maximum atomic E-state index is 12.4. The summed E-state index contributed by atoms with van der Waals surface area (Å²) >= 11 is 0. The van der Waals surface area contributed by atoms with Gasteiger partial charge >= 0.3 is 5.97 Å². The molecule has 0 aliphatic heterocycles. The summed E-state index contributed by atoms with van der Waals surface area (Å²) in [5.74, 6) is -0.564. The van der Waals surface area contributed by atoms with Gasteiger partial charge in [-0.2, -0.15) is 5.10 Å². The van der Waals surface area contributed by atoms with Crippen LogP contribution in [0.2, 0.25) is 0 Å². The molecule has 0 N–H and O–H groups in total. The molecule has 0 saturated carbocycles. The Bertz CT molecular complexity index is 454. The van der Waals surface area contributed by atoms with E-state index in [1.54, 1.807) is 31.8 Å². The first-order valence-electron chi connectivity index (χ1n) is 6.44. The third kappa shape index (κ3) is 4.08. The predicted octanol–water partition coefficient (Wildman–Crippen LogP) is 1.14. The molecule has 0 aromatic carbocycles. The fourth-order valence-electron chi connectivity index (χ4n) is 1.86. The van der Waals surface area contributed by atoms with Gasteiger partial charge in [-0.3, -0.25) is 14.3 Å². The van der Waals surface area contributed by atoms with Gasteiger partial charge in [-0.1, -0.05) is 6.92 Å². The normalized spacial score (nSPS) is 10.3. The summed E-state index contributed by atoms with van der Waals surface area (Å²) in [5.41, 5.74) is 1.19. The van der Waals surface area contributed by atoms with Gasteiger partial charge in [0.2, 0.25) is 0 Å². The van der Waals surface area contributed by atoms with Gasteiger partial charge in [-0.05, 0) is 20.3 Å². The maximum Gasteiger partial charge on any atom is 0.325 e. The zero-order valence-electron chi connectivity index (χ0n) is 12.0. The van der Waals surface area contributed by atoms with Gasteiger partial charge in [0.05, 0.1) is 17.9 Å². The van der Waals surface area contributed by atoms with Crippen molar-refractivity contribution >= 4 is 11.9 Å². The molecular weight excluding hydrogens is 246 g/mol. The van der Waals surface area contributed by atoms with Gasteiger partial charge in [-0.15, -0.1) is 0 Å². The van der Waals surface area contributed by atoms with E-state index in [1.165, 1.54) is 4.90 Å². The minimum Gasteiger partial charge on any atom is -0.465 e. The lowest BCUT2D eigenvalue weighted by Crippen LogP contribution is -2.37. The van der Waals surface area contributed by atoms with E-state index < -0.39 is 0 Å². The maximum absolute atomic E-state index is 12.4. The molecule has 0 radical (unpaired) electrons. The number of aromatic nitrogens is 2. The van der Waals surface area contributed by atoms with Gasteiger partial charge in [0.1, 0.15) is 6.54 Å². The Kier molecular flexibility index (Phi) is 5.54. The molecule has 1 aromatic rings. The Morgan fingerprint density at radius 2 is 2.11 bits per heavy atom. The van der Waals surface area contributed by atoms with Crippen molar-refractivity contribution in [3.05, 3.63) is 17.5 Å². The van der Waals surface area contributed by atoms with Gasteiger partial charge < -0.3 is 9.64 Å². The fraction of sp³-hybridized carbons (Fsp3) is 0.615. The molecule has 0 bridgehead atoms. The van der Waals surface area contributed by atoms with Crippen LogP contribution in [-0.2, 0) is 16.6 Å². The smallest absolute Gasteiger partial charge is 0.325 e. The zero-order valence-corrected chi connectivity index (χ0v) is 12.0. The SMILES string of the molecule is CCCN(CC(=O)OCC)C(=O)c1cn(C)nc1C.